The van der Waals surface area contributed by atoms with Gasteiger partial charge in [0.25, 0.3) is 0 Å². The Kier molecular flexibility index (Phi) is 4.36. The van der Waals surface area contributed by atoms with Gasteiger partial charge >= 0.3 is 0 Å². The molecule has 0 aliphatic heterocycles. The number of hydrogen-bond donors (Lipinski definition) is 1. The third-order valence-electron chi connectivity index (χ3n) is 2.70. The lowest BCUT2D eigenvalue weighted by molar-refractivity contribution is 0.408. The predicted octanol–water partition coefficient (Wildman–Crippen LogP) is 3.35. The molecule has 0 saturated carbocycles. The zero-order valence-electron chi connectivity index (χ0n) is 10.9. The van der Waals surface area contributed by atoms with Crippen molar-refractivity contribution >= 4 is 0 Å². The molecule has 3 nitrogen and oxygen atoms in total. The van der Waals surface area contributed by atoms with E-state index in [0.717, 1.165) is 0 Å². The lowest BCUT2D eigenvalue weighted by Crippen LogP contribution is -2.08. The molecular weight excluding hydrogens is 245 g/mol. The van der Waals surface area contributed by atoms with Gasteiger partial charge in [-0.1, -0.05) is 12.1 Å². The topological polar surface area (TPSA) is 30.5 Å². The van der Waals surface area contributed by atoms with Crippen LogP contribution in [0.3, 0.4) is 0 Å². The van der Waals surface area contributed by atoms with Gasteiger partial charge in [-0.3, -0.25) is 0 Å². The van der Waals surface area contributed by atoms with E-state index in [1.54, 1.807) is 38.4 Å². The summed E-state index contributed by atoms with van der Waals surface area (Å²) in [4.78, 5) is 0. The highest BCUT2D eigenvalue weighted by atomic mass is 19.1. The number of methoxy groups -OCH3 is 1. The van der Waals surface area contributed by atoms with Gasteiger partial charge in [-0.05, 0) is 31.3 Å². The molecule has 0 amide bonds. The van der Waals surface area contributed by atoms with E-state index in [9.17, 15) is 4.39 Å². The van der Waals surface area contributed by atoms with Crippen LogP contribution in [0.15, 0.2) is 42.5 Å². The number of nitrogens with one attached hydrogen (secondary N) is 1. The first-order valence-electron chi connectivity index (χ1n) is 5.98. The van der Waals surface area contributed by atoms with Gasteiger partial charge in [-0.2, -0.15) is 0 Å². The molecule has 4 heteroatoms. The Morgan fingerprint density at radius 2 is 1.84 bits per heavy atom. The second-order valence-corrected chi connectivity index (χ2v) is 4.03. The Hall–Kier alpha value is -2.07. The van der Waals surface area contributed by atoms with Crippen molar-refractivity contribution in [3.63, 3.8) is 0 Å². The summed E-state index contributed by atoms with van der Waals surface area (Å²) in [6.07, 6.45) is 0. The SMILES string of the molecule is CNCc1c(F)cccc1Oc1cccc(OC)c1. The van der Waals surface area contributed by atoms with Crippen LogP contribution in [0.5, 0.6) is 17.2 Å². The maximum absolute atomic E-state index is 13.7. The van der Waals surface area contributed by atoms with E-state index in [-0.39, 0.29) is 5.82 Å². The van der Waals surface area contributed by atoms with E-state index in [1.165, 1.54) is 6.07 Å². The van der Waals surface area contributed by atoms with Crippen LogP contribution in [0, 0.1) is 5.82 Å². The van der Waals surface area contributed by atoms with Gasteiger partial charge in [0.05, 0.1) is 7.11 Å². The van der Waals surface area contributed by atoms with Gasteiger partial charge in [0, 0.05) is 18.2 Å². The van der Waals surface area contributed by atoms with Crippen LogP contribution in [-0.4, -0.2) is 14.2 Å². The molecule has 2 aromatic carbocycles. The molecule has 0 spiro atoms. The zero-order valence-corrected chi connectivity index (χ0v) is 10.9. The summed E-state index contributed by atoms with van der Waals surface area (Å²) in [7, 11) is 3.36. The van der Waals surface area contributed by atoms with Gasteiger partial charge in [0.2, 0.25) is 0 Å². The summed E-state index contributed by atoms with van der Waals surface area (Å²) in [5.41, 5.74) is 0.507. The van der Waals surface area contributed by atoms with E-state index in [2.05, 4.69) is 5.32 Å². The Morgan fingerprint density at radius 1 is 1.11 bits per heavy atom. The second kappa shape index (κ2) is 6.20. The minimum atomic E-state index is -0.283. The Bertz CT molecular complexity index is 558. The second-order valence-electron chi connectivity index (χ2n) is 4.03. The summed E-state index contributed by atoms with van der Waals surface area (Å²) in [5, 5.41) is 2.93. The van der Waals surface area contributed by atoms with Crippen LogP contribution < -0.4 is 14.8 Å². The van der Waals surface area contributed by atoms with Gasteiger partial charge in [-0.15, -0.1) is 0 Å². The average molecular weight is 261 g/mol. The molecule has 19 heavy (non-hydrogen) atoms. The number of rotatable bonds is 5. The van der Waals surface area contributed by atoms with E-state index < -0.39 is 0 Å². The Balaban J connectivity index is 2.29. The largest absolute Gasteiger partial charge is 0.497 e. The van der Waals surface area contributed by atoms with E-state index >= 15 is 0 Å². The fraction of sp³-hybridized carbons (Fsp3) is 0.200. The number of benzene rings is 2. The highest BCUT2D eigenvalue weighted by Gasteiger charge is 2.09. The predicted molar refractivity (Wildman–Crippen MR) is 72.2 cm³/mol. The lowest BCUT2D eigenvalue weighted by Gasteiger charge is -2.12. The maximum Gasteiger partial charge on any atom is 0.134 e. The quantitative estimate of drug-likeness (QED) is 0.895. The van der Waals surface area contributed by atoms with Crippen molar-refractivity contribution in [1.82, 2.24) is 5.32 Å². The van der Waals surface area contributed by atoms with E-state index in [4.69, 9.17) is 9.47 Å². The van der Waals surface area contributed by atoms with E-state index in [1.807, 2.05) is 12.1 Å². The minimum Gasteiger partial charge on any atom is -0.497 e. The van der Waals surface area contributed by atoms with Gasteiger partial charge in [0.15, 0.2) is 0 Å². The van der Waals surface area contributed by atoms with Crippen molar-refractivity contribution in [3.05, 3.63) is 53.8 Å². The molecule has 0 fully saturated rings. The van der Waals surface area contributed by atoms with Crippen LogP contribution in [0.2, 0.25) is 0 Å². The summed E-state index contributed by atoms with van der Waals surface area (Å²) in [6, 6.07) is 12.0. The third kappa shape index (κ3) is 3.23. The summed E-state index contributed by atoms with van der Waals surface area (Å²) >= 11 is 0. The summed E-state index contributed by atoms with van der Waals surface area (Å²) in [5.74, 6) is 1.53. The lowest BCUT2D eigenvalue weighted by atomic mass is 10.2. The first-order valence-corrected chi connectivity index (χ1v) is 5.98. The molecule has 0 radical (unpaired) electrons. The van der Waals surface area contributed by atoms with Crippen molar-refractivity contribution in [1.29, 1.82) is 0 Å². The van der Waals surface area contributed by atoms with Crippen molar-refractivity contribution in [2.75, 3.05) is 14.2 Å². The molecule has 2 rings (SSSR count). The van der Waals surface area contributed by atoms with Gasteiger partial charge < -0.3 is 14.8 Å². The highest BCUT2D eigenvalue weighted by molar-refractivity contribution is 5.41. The molecule has 0 atom stereocenters. The average Bonchev–Trinajstić information content (AvgIpc) is 2.43. The molecule has 0 saturated heterocycles. The standard InChI is InChI=1S/C15H16FNO2/c1-17-10-13-14(16)7-4-8-15(13)19-12-6-3-5-11(9-12)18-2/h3-9,17H,10H2,1-2H3. The molecule has 100 valence electrons. The highest BCUT2D eigenvalue weighted by Crippen LogP contribution is 2.29. The zero-order chi connectivity index (χ0) is 13.7. The fourth-order valence-corrected chi connectivity index (χ4v) is 1.77. The smallest absolute Gasteiger partial charge is 0.134 e. The molecule has 0 unspecified atom stereocenters. The number of ether oxygens (including phenoxy) is 2. The van der Waals surface area contributed by atoms with Crippen LogP contribution in [-0.2, 0) is 6.54 Å². The minimum absolute atomic E-state index is 0.283. The molecule has 0 bridgehead atoms. The number of hydrogen-bond acceptors (Lipinski definition) is 3. The molecule has 0 aliphatic rings. The van der Waals surface area contributed by atoms with Gasteiger partial charge in [-0.25, -0.2) is 4.39 Å². The molecule has 2 aromatic rings. The molecule has 0 heterocycles. The third-order valence-corrected chi connectivity index (χ3v) is 2.70. The van der Waals surface area contributed by atoms with E-state index in [0.29, 0.717) is 29.4 Å². The Morgan fingerprint density at radius 3 is 2.58 bits per heavy atom. The molecule has 0 aliphatic carbocycles. The first kappa shape index (κ1) is 13.4. The van der Waals surface area contributed by atoms with Gasteiger partial charge in [0.1, 0.15) is 23.1 Å². The summed E-state index contributed by atoms with van der Waals surface area (Å²) in [6.45, 7) is 0.409. The first-order chi connectivity index (χ1) is 9.24. The molecular formula is C15H16FNO2. The Labute approximate surface area is 112 Å². The maximum atomic E-state index is 13.7. The molecule has 1 N–H and O–H groups in total. The van der Waals surface area contributed by atoms with Crippen LogP contribution in [0.1, 0.15) is 5.56 Å². The molecule has 0 aromatic heterocycles. The van der Waals surface area contributed by atoms with Crippen molar-refractivity contribution in [2.45, 2.75) is 6.54 Å². The monoisotopic (exact) mass is 261 g/mol. The van der Waals surface area contributed by atoms with Crippen LogP contribution in [0.25, 0.3) is 0 Å². The van der Waals surface area contributed by atoms with Crippen molar-refractivity contribution in [2.24, 2.45) is 0 Å². The number of halogens is 1. The normalized spacial score (nSPS) is 10.3. The van der Waals surface area contributed by atoms with Crippen molar-refractivity contribution in [3.8, 4) is 17.2 Å². The van der Waals surface area contributed by atoms with Crippen LogP contribution in [0.4, 0.5) is 4.39 Å². The summed E-state index contributed by atoms with van der Waals surface area (Å²) < 4.78 is 24.6. The van der Waals surface area contributed by atoms with Crippen molar-refractivity contribution < 1.29 is 13.9 Å². The van der Waals surface area contributed by atoms with Crippen LogP contribution >= 0.6 is 0 Å². The fourth-order valence-electron chi connectivity index (χ4n) is 1.77.